The van der Waals surface area contributed by atoms with Crippen LogP contribution in [-0.2, 0) is 4.74 Å². The molecule has 0 aliphatic rings. The van der Waals surface area contributed by atoms with Crippen molar-refractivity contribution in [1.29, 1.82) is 0 Å². The molecule has 0 saturated carbocycles. The molecule has 0 radical (unpaired) electrons. The Morgan fingerprint density at radius 2 is 2.44 bits per heavy atom. The predicted molar refractivity (Wildman–Crippen MR) is 43.9 cm³/mol. The first-order valence-electron chi connectivity index (χ1n) is 2.69. The Morgan fingerprint density at radius 3 is 2.89 bits per heavy atom. The van der Waals surface area contributed by atoms with Crippen LogP contribution in [0.3, 0.4) is 0 Å². The molecule has 0 fully saturated rings. The van der Waals surface area contributed by atoms with E-state index in [4.69, 9.17) is 4.74 Å². The summed E-state index contributed by atoms with van der Waals surface area (Å²) in [5.41, 5.74) is 0. The highest BCUT2D eigenvalue weighted by molar-refractivity contribution is 14.1. The van der Waals surface area contributed by atoms with Crippen LogP contribution in [0.25, 0.3) is 0 Å². The van der Waals surface area contributed by atoms with E-state index in [1.165, 1.54) is 0 Å². The van der Waals surface area contributed by atoms with E-state index in [9.17, 15) is 4.79 Å². The smallest absolute Gasteiger partial charge is 0.280 e. The van der Waals surface area contributed by atoms with Gasteiger partial charge in [0.25, 0.3) is 3.91 Å². The lowest BCUT2D eigenvalue weighted by Gasteiger charge is -1.98. The maximum atomic E-state index is 10.2. The van der Waals surface area contributed by atoms with Gasteiger partial charge in [0.15, 0.2) is 0 Å². The van der Waals surface area contributed by atoms with E-state index < -0.39 is 0 Å². The van der Waals surface area contributed by atoms with Crippen LogP contribution in [0.1, 0.15) is 6.42 Å². The third-order valence-corrected chi connectivity index (χ3v) is 1.17. The summed E-state index contributed by atoms with van der Waals surface area (Å²) in [5, 5.41) is 2.65. The number of halogens is 1. The molecule has 0 aromatic heterocycles. The normalized spacial score (nSPS) is 9.11. The number of methoxy groups -OCH3 is 1. The lowest BCUT2D eigenvalue weighted by Crippen LogP contribution is -2.18. The summed E-state index contributed by atoms with van der Waals surface area (Å²) < 4.78 is 4.76. The van der Waals surface area contributed by atoms with E-state index in [0.717, 1.165) is 6.42 Å². The molecule has 0 bridgehead atoms. The molecule has 0 spiro atoms. The fourth-order valence-corrected chi connectivity index (χ4v) is 0.673. The third-order valence-electron chi connectivity index (χ3n) is 0.789. The van der Waals surface area contributed by atoms with Crippen LogP contribution < -0.4 is 5.32 Å². The van der Waals surface area contributed by atoms with Gasteiger partial charge in [-0.05, 0) is 6.42 Å². The van der Waals surface area contributed by atoms with Crippen molar-refractivity contribution in [2.45, 2.75) is 6.42 Å². The van der Waals surface area contributed by atoms with Crippen LogP contribution >= 0.6 is 22.6 Å². The summed E-state index contributed by atoms with van der Waals surface area (Å²) in [7, 11) is 1.64. The summed E-state index contributed by atoms with van der Waals surface area (Å²) in [6.45, 7) is 1.41. The van der Waals surface area contributed by atoms with Crippen LogP contribution in [-0.4, -0.2) is 24.2 Å². The van der Waals surface area contributed by atoms with Gasteiger partial charge >= 0.3 is 0 Å². The van der Waals surface area contributed by atoms with Gasteiger partial charge in [-0.3, -0.25) is 4.79 Å². The van der Waals surface area contributed by atoms with Crippen LogP contribution in [0.4, 0.5) is 4.79 Å². The fourth-order valence-electron chi connectivity index (χ4n) is 0.403. The number of amides is 1. The quantitative estimate of drug-likeness (QED) is 0.348. The van der Waals surface area contributed by atoms with Gasteiger partial charge in [-0.15, -0.1) is 0 Å². The first-order chi connectivity index (χ1) is 4.27. The van der Waals surface area contributed by atoms with Gasteiger partial charge in [0.1, 0.15) is 0 Å². The molecule has 54 valence electrons. The van der Waals surface area contributed by atoms with E-state index in [1.54, 1.807) is 29.7 Å². The molecule has 4 heteroatoms. The Kier molecular flexibility index (Phi) is 6.39. The van der Waals surface area contributed by atoms with Crippen molar-refractivity contribution in [2.75, 3.05) is 20.3 Å². The number of hydrogen-bond acceptors (Lipinski definition) is 2. The second-order valence-electron chi connectivity index (χ2n) is 1.55. The minimum absolute atomic E-state index is 0.0105. The average molecular weight is 243 g/mol. The van der Waals surface area contributed by atoms with Crippen LogP contribution in [0.15, 0.2) is 0 Å². The van der Waals surface area contributed by atoms with Gasteiger partial charge in [0.05, 0.1) is 0 Å². The second kappa shape index (κ2) is 6.28. The molecule has 0 aromatic carbocycles. The summed E-state index contributed by atoms with van der Waals surface area (Å²) >= 11 is 1.70. The molecular formula is C5H10INO2. The zero-order chi connectivity index (χ0) is 7.11. The SMILES string of the molecule is COCCCNC(=O)I. The van der Waals surface area contributed by atoms with Crippen molar-refractivity contribution in [3.8, 4) is 0 Å². The molecule has 0 aromatic rings. The standard InChI is InChI=1S/C5H10INO2/c1-9-4-2-3-7-5(6)8/h2-4H2,1H3,(H,7,8). The van der Waals surface area contributed by atoms with Crippen molar-refractivity contribution >= 4 is 26.5 Å². The molecule has 0 rings (SSSR count). The van der Waals surface area contributed by atoms with Gasteiger partial charge in [-0.25, -0.2) is 0 Å². The van der Waals surface area contributed by atoms with Gasteiger partial charge in [0.2, 0.25) is 0 Å². The van der Waals surface area contributed by atoms with E-state index in [-0.39, 0.29) is 3.91 Å². The summed E-state index contributed by atoms with van der Waals surface area (Å²) in [5.74, 6) is 0. The number of nitrogens with one attached hydrogen (secondary N) is 1. The van der Waals surface area contributed by atoms with Gasteiger partial charge in [-0.2, -0.15) is 0 Å². The van der Waals surface area contributed by atoms with Gasteiger partial charge in [0, 0.05) is 42.9 Å². The number of hydrogen-bond donors (Lipinski definition) is 1. The minimum Gasteiger partial charge on any atom is -0.385 e. The number of rotatable bonds is 4. The predicted octanol–water partition coefficient (Wildman–Crippen LogP) is 1.17. The second-order valence-corrected chi connectivity index (χ2v) is 2.53. The Balaban J connectivity index is 2.83. The average Bonchev–Trinajstić information content (AvgIpc) is 1.80. The molecule has 0 unspecified atom stereocenters. The zero-order valence-electron chi connectivity index (χ0n) is 5.32. The largest absolute Gasteiger partial charge is 0.385 e. The van der Waals surface area contributed by atoms with Gasteiger partial charge in [-0.1, -0.05) is 0 Å². The highest BCUT2D eigenvalue weighted by atomic mass is 127. The minimum atomic E-state index is -0.0105. The fraction of sp³-hybridized carbons (Fsp3) is 0.800. The zero-order valence-corrected chi connectivity index (χ0v) is 7.47. The Morgan fingerprint density at radius 1 is 1.78 bits per heavy atom. The lowest BCUT2D eigenvalue weighted by molar-refractivity contribution is 0.194. The number of carbonyl (C=O) groups is 1. The number of carbonyl (C=O) groups excluding carboxylic acids is 1. The third kappa shape index (κ3) is 8.16. The Hall–Kier alpha value is 0.160. The van der Waals surface area contributed by atoms with Crippen molar-refractivity contribution in [2.24, 2.45) is 0 Å². The topological polar surface area (TPSA) is 38.3 Å². The molecule has 0 atom stereocenters. The van der Waals surface area contributed by atoms with Gasteiger partial charge < -0.3 is 10.1 Å². The van der Waals surface area contributed by atoms with Crippen molar-refractivity contribution in [1.82, 2.24) is 5.32 Å². The molecule has 9 heavy (non-hydrogen) atoms. The van der Waals surface area contributed by atoms with Crippen LogP contribution in [0.2, 0.25) is 0 Å². The van der Waals surface area contributed by atoms with E-state index in [2.05, 4.69) is 5.32 Å². The Labute approximate surface area is 68.3 Å². The first-order valence-corrected chi connectivity index (χ1v) is 3.77. The summed E-state index contributed by atoms with van der Waals surface area (Å²) in [6.07, 6.45) is 0.880. The molecule has 0 heterocycles. The highest BCUT2D eigenvalue weighted by Gasteiger charge is 1.89. The maximum Gasteiger partial charge on any atom is 0.280 e. The summed E-state index contributed by atoms with van der Waals surface area (Å²) in [6, 6.07) is 0. The molecule has 0 aliphatic heterocycles. The first kappa shape index (κ1) is 9.16. The molecule has 0 saturated heterocycles. The van der Waals surface area contributed by atoms with Crippen molar-refractivity contribution in [3.63, 3.8) is 0 Å². The van der Waals surface area contributed by atoms with Crippen LogP contribution in [0, 0.1) is 0 Å². The van der Waals surface area contributed by atoms with E-state index in [1.807, 2.05) is 0 Å². The molecular weight excluding hydrogens is 233 g/mol. The highest BCUT2D eigenvalue weighted by Crippen LogP contribution is 1.83. The van der Waals surface area contributed by atoms with Crippen molar-refractivity contribution in [3.05, 3.63) is 0 Å². The van der Waals surface area contributed by atoms with E-state index in [0.29, 0.717) is 13.2 Å². The molecule has 3 nitrogen and oxygen atoms in total. The number of ether oxygens (including phenoxy) is 1. The molecule has 1 N–H and O–H groups in total. The summed E-state index contributed by atoms with van der Waals surface area (Å²) in [4.78, 5) is 10.2. The molecule has 1 amide bonds. The van der Waals surface area contributed by atoms with Crippen LogP contribution in [0.5, 0.6) is 0 Å². The maximum absolute atomic E-state index is 10.2. The van der Waals surface area contributed by atoms with Crippen molar-refractivity contribution < 1.29 is 9.53 Å². The lowest BCUT2D eigenvalue weighted by atomic mass is 10.5. The molecule has 0 aliphatic carbocycles. The Bertz CT molecular complexity index is 87.0. The monoisotopic (exact) mass is 243 g/mol. The van der Waals surface area contributed by atoms with E-state index >= 15 is 0 Å².